The number of carboxylic acids is 1. The quantitative estimate of drug-likeness (QED) is 0.713. The van der Waals surface area contributed by atoms with E-state index in [4.69, 9.17) is 21.1 Å². The van der Waals surface area contributed by atoms with Crippen LogP contribution in [0.25, 0.3) is 22.6 Å². The first-order chi connectivity index (χ1) is 13.5. The number of aromatic carboxylic acids is 1. The van der Waals surface area contributed by atoms with Gasteiger partial charge in [-0.05, 0) is 54.0 Å². The topological polar surface area (TPSA) is 90.7 Å². The zero-order chi connectivity index (χ0) is 19.4. The summed E-state index contributed by atoms with van der Waals surface area (Å²) >= 11 is 6.25. The van der Waals surface area contributed by atoms with Crippen LogP contribution < -0.4 is 15.0 Å². The van der Waals surface area contributed by atoms with Gasteiger partial charge >= 0.3 is 5.97 Å². The Bertz CT molecular complexity index is 1260. The number of nitrogens with zero attached hydrogens (tertiary/aromatic N) is 2. The Balaban J connectivity index is 1.65. The van der Waals surface area contributed by atoms with Crippen molar-refractivity contribution in [3.63, 3.8) is 0 Å². The summed E-state index contributed by atoms with van der Waals surface area (Å²) in [7, 11) is 0. The smallest absolute Gasteiger partial charge is 0.335 e. The Hall–Kier alpha value is -3.32. The van der Waals surface area contributed by atoms with Gasteiger partial charge in [0.1, 0.15) is 5.82 Å². The van der Waals surface area contributed by atoms with Gasteiger partial charge in [0, 0.05) is 6.54 Å². The lowest BCUT2D eigenvalue weighted by atomic mass is 10.1. The van der Waals surface area contributed by atoms with Gasteiger partial charge in [0.25, 0.3) is 5.56 Å². The van der Waals surface area contributed by atoms with Crippen molar-refractivity contribution >= 4 is 40.1 Å². The van der Waals surface area contributed by atoms with Crippen LogP contribution in [-0.2, 0) is 6.54 Å². The van der Waals surface area contributed by atoms with Crippen LogP contribution in [0.4, 0.5) is 0 Å². The normalized spacial score (nSPS) is 16.0. The maximum atomic E-state index is 12.8. The molecular weight excluding hydrogens is 384 g/mol. The van der Waals surface area contributed by atoms with Gasteiger partial charge in [-0.15, -0.1) is 0 Å². The molecule has 0 fully saturated rings. The molecule has 2 aliphatic rings. The zero-order valence-corrected chi connectivity index (χ0v) is 15.2. The fourth-order valence-electron chi connectivity index (χ4n) is 3.56. The monoisotopic (exact) mass is 396 g/mol. The summed E-state index contributed by atoms with van der Waals surface area (Å²) < 4.78 is 12.3. The number of aromatic nitrogens is 2. The zero-order valence-electron chi connectivity index (χ0n) is 14.4. The molecule has 0 amide bonds. The second-order valence-corrected chi connectivity index (χ2v) is 6.99. The van der Waals surface area contributed by atoms with Gasteiger partial charge < -0.3 is 14.6 Å². The highest BCUT2D eigenvalue weighted by Gasteiger charge is 2.23. The molecular formula is C20H13ClN2O5. The van der Waals surface area contributed by atoms with Crippen molar-refractivity contribution in [3.8, 4) is 11.5 Å². The Kier molecular flexibility index (Phi) is 3.67. The molecule has 0 bridgehead atoms. The molecule has 5 rings (SSSR count). The molecule has 1 N–H and O–H groups in total. The Labute approximate surface area is 163 Å². The minimum Gasteiger partial charge on any atom is -0.478 e. The molecule has 3 heterocycles. The second kappa shape index (κ2) is 6.10. The summed E-state index contributed by atoms with van der Waals surface area (Å²) in [5.41, 5.74) is 1.97. The molecule has 0 atom stereocenters. The largest absolute Gasteiger partial charge is 0.478 e. The molecule has 7 nitrogen and oxygen atoms in total. The molecule has 0 unspecified atom stereocenters. The number of halogens is 1. The van der Waals surface area contributed by atoms with E-state index in [9.17, 15) is 14.7 Å². The summed E-state index contributed by atoms with van der Waals surface area (Å²) in [6, 6.07) is 7.95. The number of allylic oxidation sites excluding steroid dienone is 1. The average molecular weight is 397 g/mol. The Morgan fingerprint density at radius 2 is 2.11 bits per heavy atom. The van der Waals surface area contributed by atoms with E-state index in [0.717, 1.165) is 11.1 Å². The summed E-state index contributed by atoms with van der Waals surface area (Å²) in [5.74, 6) is 0.577. The van der Waals surface area contributed by atoms with E-state index >= 15 is 0 Å². The number of benzene rings is 2. The van der Waals surface area contributed by atoms with Gasteiger partial charge in [-0.1, -0.05) is 11.6 Å². The molecule has 0 aliphatic carbocycles. The van der Waals surface area contributed by atoms with Crippen LogP contribution in [0.3, 0.4) is 0 Å². The third-order valence-corrected chi connectivity index (χ3v) is 5.17. The van der Waals surface area contributed by atoms with Crippen LogP contribution >= 0.6 is 11.6 Å². The predicted octanol–water partition coefficient (Wildman–Crippen LogP) is 3.42. The average Bonchev–Trinajstić information content (AvgIpc) is 3.29. The van der Waals surface area contributed by atoms with Crippen molar-refractivity contribution in [3.05, 3.63) is 62.7 Å². The lowest BCUT2D eigenvalue weighted by molar-refractivity contribution is 0.0697. The van der Waals surface area contributed by atoms with Gasteiger partial charge in [0.05, 0.1) is 21.5 Å². The first-order valence-electron chi connectivity index (χ1n) is 8.59. The number of fused-ring (bicyclic) bond motifs is 3. The van der Waals surface area contributed by atoms with Crippen molar-refractivity contribution in [2.24, 2.45) is 0 Å². The number of rotatable bonds is 2. The predicted molar refractivity (Wildman–Crippen MR) is 103 cm³/mol. The second-order valence-electron chi connectivity index (χ2n) is 6.59. The summed E-state index contributed by atoms with van der Waals surface area (Å²) in [5, 5.41) is 10.1. The summed E-state index contributed by atoms with van der Waals surface area (Å²) in [6.45, 7) is 0.647. The fourth-order valence-corrected chi connectivity index (χ4v) is 3.83. The highest BCUT2D eigenvalue weighted by molar-refractivity contribution is 6.32. The minimum absolute atomic E-state index is 0.0930. The lowest BCUT2D eigenvalue weighted by Crippen LogP contribution is -2.21. The third-order valence-electron chi connectivity index (χ3n) is 4.88. The van der Waals surface area contributed by atoms with Crippen LogP contribution in [0, 0.1) is 0 Å². The third kappa shape index (κ3) is 2.55. The number of hydrogen-bond donors (Lipinski definition) is 1. The summed E-state index contributed by atoms with van der Waals surface area (Å²) in [4.78, 5) is 28.6. The Morgan fingerprint density at radius 1 is 1.25 bits per heavy atom. The molecule has 0 saturated heterocycles. The van der Waals surface area contributed by atoms with Crippen LogP contribution in [0.5, 0.6) is 11.5 Å². The van der Waals surface area contributed by atoms with Crippen molar-refractivity contribution < 1.29 is 19.4 Å². The van der Waals surface area contributed by atoms with Crippen LogP contribution in [0.15, 0.2) is 35.1 Å². The van der Waals surface area contributed by atoms with Gasteiger partial charge in [-0.3, -0.25) is 9.36 Å². The SMILES string of the molecule is O=C(O)c1ccc2c(=O)n3c(nc2c1)/C(=C/c1cc(Cl)c2c(c1)OCO2)CC3. The van der Waals surface area contributed by atoms with E-state index in [2.05, 4.69) is 4.98 Å². The highest BCUT2D eigenvalue weighted by atomic mass is 35.5. The standard InChI is InChI=1S/C20H13ClN2O5/c21-14-6-10(7-16-17(14)28-9-27-16)5-11-3-4-23-18(11)22-15-8-12(20(25)26)1-2-13(15)19(23)24/h1-2,5-8H,3-4,9H2,(H,25,26)/b11-5+. The van der Waals surface area contributed by atoms with Crippen molar-refractivity contribution in [2.45, 2.75) is 13.0 Å². The molecule has 140 valence electrons. The van der Waals surface area contributed by atoms with Crippen LogP contribution in [0.1, 0.15) is 28.2 Å². The van der Waals surface area contributed by atoms with Crippen LogP contribution in [0.2, 0.25) is 5.02 Å². The summed E-state index contributed by atoms with van der Waals surface area (Å²) in [6.07, 6.45) is 2.54. The molecule has 28 heavy (non-hydrogen) atoms. The fraction of sp³-hybridized carbons (Fsp3) is 0.150. The molecule has 8 heteroatoms. The van der Waals surface area contributed by atoms with Gasteiger partial charge in [0.2, 0.25) is 6.79 Å². The van der Waals surface area contributed by atoms with Crippen molar-refractivity contribution in [1.82, 2.24) is 9.55 Å². The first kappa shape index (κ1) is 16.8. The van der Waals surface area contributed by atoms with E-state index in [1.54, 1.807) is 10.6 Å². The van der Waals surface area contributed by atoms with E-state index in [0.29, 0.717) is 46.2 Å². The number of hydrogen-bond acceptors (Lipinski definition) is 5. The molecule has 0 spiro atoms. The molecule has 1 aromatic heterocycles. The number of ether oxygens (including phenoxy) is 2. The van der Waals surface area contributed by atoms with Crippen molar-refractivity contribution in [1.29, 1.82) is 0 Å². The maximum absolute atomic E-state index is 12.8. The van der Waals surface area contributed by atoms with E-state index in [1.807, 2.05) is 12.1 Å². The number of carbonyl (C=O) groups is 1. The van der Waals surface area contributed by atoms with Gasteiger partial charge in [0.15, 0.2) is 11.5 Å². The van der Waals surface area contributed by atoms with E-state index in [1.165, 1.54) is 18.2 Å². The van der Waals surface area contributed by atoms with Crippen LogP contribution in [-0.4, -0.2) is 27.4 Å². The van der Waals surface area contributed by atoms with E-state index < -0.39 is 5.97 Å². The first-order valence-corrected chi connectivity index (χ1v) is 8.97. The Morgan fingerprint density at radius 3 is 2.93 bits per heavy atom. The maximum Gasteiger partial charge on any atom is 0.335 e. The van der Waals surface area contributed by atoms with E-state index in [-0.39, 0.29) is 17.9 Å². The number of carboxylic acid groups (broad SMARTS) is 1. The molecule has 0 saturated carbocycles. The van der Waals surface area contributed by atoms with Crippen molar-refractivity contribution in [2.75, 3.05) is 6.79 Å². The minimum atomic E-state index is -1.06. The van der Waals surface area contributed by atoms with Gasteiger partial charge in [-0.25, -0.2) is 9.78 Å². The highest BCUT2D eigenvalue weighted by Crippen LogP contribution is 2.41. The molecule has 3 aromatic rings. The van der Waals surface area contributed by atoms with Gasteiger partial charge in [-0.2, -0.15) is 0 Å². The molecule has 2 aliphatic heterocycles. The molecule has 0 radical (unpaired) electrons. The lowest BCUT2D eigenvalue weighted by Gasteiger charge is -2.07. The molecule has 2 aromatic carbocycles.